The van der Waals surface area contributed by atoms with E-state index < -0.39 is 18.1 Å². The van der Waals surface area contributed by atoms with Gasteiger partial charge in [0.1, 0.15) is 18.4 Å². The van der Waals surface area contributed by atoms with Crippen LogP contribution in [0.1, 0.15) is 23.1 Å². The Bertz CT molecular complexity index is 1350. The van der Waals surface area contributed by atoms with E-state index in [0.717, 1.165) is 27.6 Å². The monoisotopic (exact) mass is 467 g/mol. The number of ether oxygens (including phenoxy) is 1. The highest BCUT2D eigenvalue weighted by Gasteiger charge is 2.35. The summed E-state index contributed by atoms with van der Waals surface area (Å²) in [6.07, 6.45) is -0.314. The summed E-state index contributed by atoms with van der Waals surface area (Å²) in [5.41, 5.74) is 5.82. The van der Waals surface area contributed by atoms with Crippen molar-refractivity contribution in [3.05, 3.63) is 102 Å². The van der Waals surface area contributed by atoms with Crippen molar-refractivity contribution in [2.75, 3.05) is 6.54 Å². The summed E-state index contributed by atoms with van der Waals surface area (Å²) < 4.78 is 6.16. The summed E-state index contributed by atoms with van der Waals surface area (Å²) in [5, 5.41) is 21.5. The van der Waals surface area contributed by atoms with E-state index in [4.69, 9.17) is 4.74 Å². The number of rotatable bonds is 7. The van der Waals surface area contributed by atoms with Crippen molar-refractivity contribution in [2.24, 2.45) is 0 Å². The highest BCUT2D eigenvalue weighted by atomic mass is 16.5. The summed E-state index contributed by atoms with van der Waals surface area (Å²) in [5.74, 6) is -0.0722. The van der Waals surface area contributed by atoms with Gasteiger partial charge >= 0.3 is 5.97 Å². The van der Waals surface area contributed by atoms with Gasteiger partial charge in [0, 0.05) is 19.5 Å². The number of nitrogens with zero attached hydrogens (tertiary/aromatic N) is 1. The van der Waals surface area contributed by atoms with Crippen molar-refractivity contribution >= 4 is 16.7 Å². The van der Waals surface area contributed by atoms with Crippen molar-refractivity contribution in [3.8, 4) is 16.9 Å². The van der Waals surface area contributed by atoms with Crippen molar-refractivity contribution in [2.45, 2.75) is 38.6 Å². The minimum Gasteiger partial charge on any atom is -0.489 e. The van der Waals surface area contributed by atoms with Gasteiger partial charge in [0.25, 0.3) is 0 Å². The van der Waals surface area contributed by atoms with Gasteiger partial charge in [0.05, 0.1) is 6.10 Å². The largest absolute Gasteiger partial charge is 0.489 e. The lowest BCUT2D eigenvalue weighted by Crippen LogP contribution is -2.35. The number of carboxylic acid groups (broad SMARTS) is 1. The van der Waals surface area contributed by atoms with Crippen molar-refractivity contribution in [1.82, 2.24) is 4.90 Å². The zero-order chi connectivity index (χ0) is 24.4. The van der Waals surface area contributed by atoms with Gasteiger partial charge < -0.3 is 14.9 Å². The molecule has 0 unspecified atom stereocenters. The predicted molar refractivity (Wildman–Crippen MR) is 137 cm³/mol. The molecule has 1 heterocycles. The van der Waals surface area contributed by atoms with E-state index in [1.54, 1.807) is 0 Å². The molecule has 0 spiro atoms. The topological polar surface area (TPSA) is 70.0 Å². The standard InChI is InChI=1S/C30H29NO4/c1-20-25(8-5-9-28(20)22-6-3-2-4-7-22)19-35-27-13-12-23-14-21(10-11-24(23)15-27)17-31-18-26(32)16-29(31)30(33)34/h2-15,26,29,32H,16-19H2,1H3,(H,33,34)/t26-,29-/m0/s1. The molecule has 0 radical (unpaired) electrons. The minimum atomic E-state index is -0.881. The second kappa shape index (κ2) is 9.90. The van der Waals surface area contributed by atoms with Crippen LogP contribution in [-0.2, 0) is 17.9 Å². The first-order valence-electron chi connectivity index (χ1n) is 11.9. The Morgan fingerprint density at radius 1 is 0.971 bits per heavy atom. The smallest absolute Gasteiger partial charge is 0.321 e. The molecule has 1 fully saturated rings. The van der Waals surface area contributed by atoms with Gasteiger partial charge in [-0.15, -0.1) is 0 Å². The van der Waals surface area contributed by atoms with E-state index in [1.165, 1.54) is 16.7 Å². The van der Waals surface area contributed by atoms with Gasteiger partial charge in [-0.2, -0.15) is 0 Å². The average molecular weight is 468 g/mol. The van der Waals surface area contributed by atoms with Crippen molar-refractivity contribution < 1.29 is 19.7 Å². The molecule has 0 aliphatic carbocycles. The Balaban J connectivity index is 1.29. The number of carbonyl (C=O) groups is 1. The molecule has 2 atom stereocenters. The van der Waals surface area contributed by atoms with Crippen LogP contribution in [0.3, 0.4) is 0 Å². The molecule has 35 heavy (non-hydrogen) atoms. The third-order valence-electron chi connectivity index (χ3n) is 6.85. The molecular weight excluding hydrogens is 438 g/mol. The SMILES string of the molecule is Cc1c(COc2ccc3cc(CN4C[C@@H](O)C[C@H]4C(=O)O)ccc3c2)cccc1-c1ccccc1. The quantitative estimate of drug-likeness (QED) is 0.380. The Hall–Kier alpha value is -3.67. The molecular formula is C30H29NO4. The fraction of sp³-hybridized carbons (Fsp3) is 0.233. The molecule has 1 aliphatic heterocycles. The second-order valence-corrected chi connectivity index (χ2v) is 9.26. The third-order valence-corrected chi connectivity index (χ3v) is 6.85. The summed E-state index contributed by atoms with van der Waals surface area (Å²) in [6, 6.07) is 28.2. The molecule has 0 saturated carbocycles. The van der Waals surface area contributed by atoms with E-state index in [9.17, 15) is 15.0 Å². The van der Waals surface area contributed by atoms with E-state index >= 15 is 0 Å². The number of carboxylic acids is 1. The van der Waals surface area contributed by atoms with E-state index in [-0.39, 0.29) is 6.42 Å². The lowest BCUT2D eigenvalue weighted by molar-refractivity contribution is -0.142. The number of aliphatic hydroxyl groups excluding tert-OH is 1. The van der Waals surface area contributed by atoms with Gasteiger partial charge in [0.15, 0.2) is 0 Å². The summed E-state index contributed by atoms with van der Waals surface area (Å²) in [7, 11) is 0. The first kappa shape index (κ1) is 23.1. The molecule has 2 N–H and O–H groups in total. The summed E-state index contributed by atoms with van der Waals surface area (Å²) in [6.45, 7) is 3.51. The van der Waals surface area contributed by atoms with Gasteiger partial charge in [-0.25, -0.2) is 0 Å². The maximum absolute atomic E-state index is 11.5. The maximum Gasteiger partial charge on any atom is 0.321 e. The third kappa shape index (κ3) is 5.06. The van der Waals surface area contributed by atoms with Crippen molar-refractivity contribution in [3.63, 3.8) is 0 Å². The average Bonchev–Trinajstić information content (AvgIpc) is 3.24. The predicted octanol–water partition coefficient (Wildman–Crippen LogP) is 5.41. The molecule has 5 nitrogen and oxygen atoms in total. The van der Waals surface area contributed by atoms with Crippen molar-refractivity contribution in [1.29, 1.82) is 0 Å². The lowest BCUT2D eigenvalue weighted by atomic mass is 9.97. The first-order chi connectivity index (χ1) is 17.0. The van der Waals surface area contributed by atoms with Gasteiger partial charge in [-0.3, -0.25) is 9.69 Å². The lowest BCUT2D eigenvalue weighted by Gasteiger charge is -2.21. The highest BCUT2D eigenvalue weighted by Crippen LogP contribution is 2.28. The van der Waals surface area contributed by atoms with E-state index in [0.29, 0.717) is 19.7 Å². The normalized spacial score (nSPS) is 18.1. The van der Waals surface area contributed by atoms with Gasteiger partial charge in [-0.1, -0.05) is 66.7 Å². The molecule has 1 saturated heterocycles. The molecule has 0 bridgehead atoms. The zero-order valence-electron chi connectivity index (χ0n) is 19.7. The Kier molecular flexibility index (Phi) is 6.53. The van der Waals surface area contributed by atoms with Gasteiger partial charge in [0.2, 0.25) is 0 Å². The van der Waals surface area contributed by atoms with E-state index in [2.05, 4.69) is 55.5 Å². The molecule has 4 aromatic carbocycles. The van der Waals surface area contributed by atoms with Crippen LogP contribution >= 0.6 is 0 Å². The van der Waals surface area contributed by atoms with Crippen LogP contribution in [0.4, 0.5) is 0 Å². The second-order valence-electron chi connectivity index (χ2n) is 9.26. The summed E-state index contributed by atoms with van der Waals surface area (Å²) >= 11 is 0. The fourth-order valence-electron chi connectivity index (χ4n) is 4.94. The number of β-amino-alcohol motifs (C(OH)–C–C–N with tert-alkyl or cyclic N) is 1. The van der Waals surface area contributed by atoms with Gasteiger partial charge in [-0.05, 0) is 63.7 Å². The molecule has 5 rings (SSSR count). The Morgan fingerprint density at radius 3 is 2.54 bits per heavy atom. The number of hydrogen-bond donors (Lipinski definition) is 2. The minimum absolute atomic E-state index is 0.275. The molecule has 0 amide bonds. The first-order valence-corrected chi connectivity index (χ1v) is 11.9. The van der Waals surface area contributed by atoms with Crippen LogP contribution in [0, 0.1) is 6.92 Å². The number of aliphatic hydroxyl groups is 1. The van der Waals surface area contributed by atoms with Crippen LogP contribution in [0.25, 0.3) is 21.9 Å². The number of benzene rings is 4. The van der Waals surface area contributed by atoms with Crippen LogP contribution in [0.5, 0.6) is 5.75 Å². The Labute approximate surface area is 205 Å². The van der Waals surface area contributed by atoms with Crippen LogP contribution < -0.4 is 4.74 Å². The number of likely N-dealkylation sites (tertiary alicyclic amines) is 1. The zero-order valence-corrected chi connectivity index (χ0v) is 19.7. The highest BCUT2D eigenvalue weighted by molar-refractivity contribution is 5.84. The molecule has 4 aromatic rings. The fourth-order valence-corrected chi connectivity index (χ4v) is 4.94. The Morgan fingerprint density at radius 2 is 1.74 bits per heavy atom. The molecule has 5 heteroatoms. The molecule has 0 aromatic heterocycles. The number of fused-ring (bicyclic) bond motifs is 1. The number of aliphatic carboxylic acids is 1. The van der Waals surface area contributed by atoms with E-state index in [1.807, 2.05) is 41.3 Å². The van der Waals surface area contributed by atoms with Crippen LogP contribution in [0.2, 0.25) is 0 Å². The maximum atomic E-state index is 11.5. The van der Waals surface area contributed by atoms with Crippen LogP contribution in [-0.4, -0.2) is 39.8 Å². The van der Waals surface area contributed by atoms with Crippen LogP contribution in [0.15, 0.2) is 84.9 Å². The molecule has 1 aliphatic rings. The number of hydrogen-bond acceptors (Lipinski definition) is 4. The summed E-state index contributed by atoms with van der Waals surface area (Å²) in [4.78, 5) is 13.3. The molecule has 178 valence electrons.